The first-order valence-corrected chi connectivity index (χ1v) is 6.26. The van der Waals surface area contributed by atoms with Crippen LogP contribution >= 0.6 is 0 Å². The Morgan fingerprint density at radius 3 is 2.65 bits per heavy atom. The van der Waals surface area contributed by atoms with Crippen molar-refractivity contribution in [3.63, 3.8) is 0 Å². The number of aryl methyl sites for hydroxylation is 1. The summed E-state index contributed by atoms with van der Waals surface area (Å²) >= 11 is 0. The predicted octanol–water partition coefficient (Wildman–Crippen LogP) is 4.12. The average molecular weight is 264 g/mol. The molecule has 0 unspecified atom stereocenters. The maximum Gasteiger partial charge on any atom is 0.270 e. The van der Waals surface area contributed by atoms with Crippen LogP contribution in [0, 0.1) is 17.0 Å². The van der Waals surface area contributed by atoms with Gasteiger partial charge in [0.1, 0.15) is 0 Å². The molecule has 3 aromatic rings. The van der Waals surface area contributed by atoms with Crippen LogP contribution < -0.4 is 0 Å². The van der Waals surface area contributed by atoms with Crippen molar-refractivity contribution in [2.24, 2.45) is 0 Å². The van der Waals surface area contributed by atoms with Crippen LogP contribution in [-0.2, 0) is 0 Å². The van der Waals surface area contributed by atoms with Crippen LogP contribution in [0.15, 0.2) is 54.6 Å². The smallest absolute Gasteiger partial charge is 0.258 e. The Labute approximate surface area is 115 Å². The van der Waals surface area contributed by atoms with Crippen molar-refractivity contribution in [2.45, 2.75) is 6.92 Å². The number of non-ortho nitro benzene ring substituents is 1. The molecule has 4 heteroatoms. The second kappa shape index (κ2) is 4.74. The summed E-state index contributed by atoms with van der Waals surface area (Å²) in [6, 6.07) is 16.5. The van der Waals surface area contributed by atoms with E-state index in [1.807, 2.05) is 43.3 Å². The third-order valence-electron chi connectivity index (χ3n) is 3.23. The highest BCUT2D eigenvalue weighted by atomic mass is 16.6. The van der Waals surface area contributed by atoms with E-state index in [1.165, 1.54) is 6.07 Å². The fourth-order valence-corrected chi connectivity index (χ4v) is 2.26. The Bertz CT molecular complexity index is 812. The molecule has 0 fully saturated rings. The van der Waals surface area contributed by atoms with Crippen LogP contribution in [0.4, 0.5) is 5.69 Å². The van der Waals surface area contributed by atoms with Crippen LogP contribution in [-0.4, -0.2) is 9.91 Å². The van der Waals surface area contributed by atoms with Crippen molar-refractivity contribution < 1.29 is 4.92 Å². The molecule has 20 heavy (non-hydrogen) atoms. The van der Waals surface area contributed by atoms with Gasteiger partial charge in [-0.25, -0.2) is 0 Å². The van der Waals surface area contributed by atoms with Crippen molar-refractivity contribution in [1.29, 1.82) is 0 Å². The maximum absolute atomic E-state index is 10.9. The zero-order chi connectivity index (χ0) is 14.1. The summed E-state index contributed by atoms with van der Waals surface area (Å²) in [5.41, 5.74) is 3.60. The Morgan fingerprint density at radius 2 is 1.85 bits per heavy atom. The molecule has 0 radical (unpaired) electrons. The first-order valence-electron chi connectivity index (χ1n) is 6.26. The zero-order valence-electron chi connectivity index (χ0n) is 10.9. The number of nitro benzene ring substituents is 1. The lowest BCUT2D eigenvalue weighted by atomic mass is 10.0. The predicted molar refractivity (Wildman–Crippen MR) is 78.6 cm³/mol. The summed E-state index contributed by atoms with van der Waals surface area (Å²) in [6.45, 7) is 1.93. The maximum atomic E-state index is 10.9. The number of pyridine rings is 1. The molecular weight excluding hydrogens is 252 g/mol. The van der Waals surface area contributed by atoms with E-state index in [2.05, 4.69) is 4.98 Å². The van der Waals surface area contributed by atoms with Crippen LogP contribution in [0.1, 0.15) is 5.69 Å². The molecule has 2 aromatic carbocycles. The summed E-state index contributed by atoms with van der Waals surface area (Å²) < 4.78 is 0. The van der Waals surface area contributed by atoms with Crippen molar-refractivity contribution >= 4 is 16.6 Å². The van der Waals surface area contributed by atoms with Gasteiger partial charge >= 0.3 is 0 Å². The summed E-state index contributed by atoms with van der Waals surface area (Å²) in [5, 5.41) is 11.9. The van der Waals surface area contributed by atoms with Crippen molar-refractivity contribution in [3.05, 3.63) is 70.4 Å². The van der Waals surface area contributed by atoms with E-state index in [4.69, 9.17) is 0 Å². The number of hydrogen-bond donors (Lipinski definition) is 0. The van der Waals surface area contributed by atoms with E-state index < -0.39 is 0 Å². The Morgan fingerprint density at radius 1 is 1.05 bits per heavy atom. The van der Waals surface area contributed by atoms with E-state index in [1.54, 1.807) is 12.1 Å². The topological polar surface area (TPSA) is 56.0 Å². The molecule has 1 heterocycles. The van der Waals surface area contributed by atoms with Crippen molar-refractivity contribution in [2.75, 3.05) is 0 Å². The Hall–Kier alpha value is -2.75. The van der Waals surface area contributed by atoms with Gasteiger partial charge in [0, 0.05) is 28.8 Å². The largest absolute Gasteiger partial charge is 0.270 e. The third kappa shape index (κ3) is 2.12. The molecule has 0 aliphatic heterocycles. The minimum atomic E-state index is -0.382. The molecule has 0 saturated heterocycles. The second-order valence-electron chi connectivity index (χ2n) is 4.64. The quantitative estimate of drug-likeness (QED) is 0.516. The lowest BCUT2D eigenvalue weighted by Crippen LogP contribution is -1.90. The summed E-state index contributed by atoms with van der Waals surface area (Å²) in [6.07, 6.45) is 0. The summed E-state index contributed by atoms with van der Waals surface area (Å²) in [7, 11) is 0. The molecule has 4 nitrogen and oxygen atoms in total. The third-order valence-corrected chi connectivity index (χ3v) is 3.23. The molecule has 0 aliphatic rings. The van der Waals surface area contributed by atoms with E-state index in [0.717, 1.165) is 27.7 Å². The molecule has 0 spiro atoms. The van der Waals surface area contributed by atoms with Gasteiger partial charge in [-0.05, 0) is 18.6 Å². The van der Waals surface area contributed by atoms with Crippen LogP contribution in [0.3, 0.4) is 0 Å². The number of rotatable bonds is 2. The van der Waals surface area contributed by atoms with Gasteiger partial charge < -0.3 is 0 Å². The van der Waals surface area contributed by atoms with E-state index in [9.17, 15) is 10.1 Å². The highest BCUT2D eigenvalue weighted by Gasteiger charge is 2.10. The SMILES string of the molecule is Cc1ccc2cccc(-c3cccc([N+](=O)[O-])c3)c2n1. The van der Waals surface area contributed by atoms with E-state index in [0.29, 0.717) is 0 Å². The monoisotopic (exact) mass is 264 g/mol. The minimum Gasteiger partial charge on any atom is -0.258 e. The summed E-state index contributed by atoms with van der Waals surface area (Å²) in [5.74, 6) is 0. The molecule has 1 aromatic heterocycles. The minimum absolute atomic E-state index is 0.0900. The number of nitro groups is 1. The van der Waals surface area contributed by atoms with Gasteiger partial charge in [-0.3, -0.25) is 15.1 Å². The van der Waals surface area contributed by atoms with Gasteiger partial charge in [0.15, 0.2) is 0 Å². The Balaban J connectivity index is 2.26. The molecule has 0 saturated carbocycles. The Kier molecular flexibility index (Phi) is 2.91. The van der Waals surface area contributed by atoms with Crippen molar-refractivity contribution in [1.82, 2.24) is 4.98 Å². The van der Waals surface area contributed by atoms with Crippen LogP contribution in [0.25, 0.3) is 22.0 Å². The molecule has 0 bridgehead atoms. The highest BCUT2D eigenvalue weighted by Crippen LogP contribution is 2.29. The lowest BCUT2D eigenvalue weighted by Gasteiger charge is -2.06. The number of benzene rings is 2. The number of hydrogen-bond acceptors (Lipinski definition) is 3. The molecule has 98 valence electrons. The fraction of sp³-hybridized carbons (Fsp3) is 0.0625. The molecule has 0 aliphatic carbocycles. The average Bonchev–Trinajstić information content (AvgIpc) is 2.46. The standard InChI is InChI=1S/C16H12N2O2/c1-11-8-9-12-4-3-7-15(16(12)17-11)13-5-2-6-14(10-13)18(19)20/h2-10H,1H3. The number of nitrogens with zero attached hydrogens (tertiary/aromatic N) is 2. The zero-order valence-corrected chi connectivity index (χ0v) is 10.9. The van der Waals surface area contributed by atoms with Gasteiger partial charge in [-0.2, -0.15) is 0 Å². The van der Waals surface area contributed by atoms with Gasteiger partial charge in [-0.1, -0.05) is 36.4 Å². The first kappa shape index (κ1) is 12.3. The highest BCUT2D eigenvalue weighted by molar-refractivity contribution is 5.93. The van der Waals surface area contributed by atoms with E-state index >= 15 is 0 Å². The number of fused-ring (bicyclic) bond motifs is 1. The van der Waals surface area contributed by atoms with E-state index in [-0.39, 0.29) is 10.6 Å². The molecule has 0 amide bonds. The molecular formula is C16H12N2O2. The van der Waals surface area contributed by atoms with Crippen LogP contribution in [0.5, 0.6) is 0 Å². The second-order valence-corrected chi connectivity index (χ2v) is 4.64. The lowest BCUT2D eigenvalue weighted by molar-refractivity contribution is -0.384. The normalized spacial score (nSPS) is 10.7. The fourth-order valence-electron chi connectivity index (χ4n) is 2.26. The van der Waals surface area contributed by atoms with Gasteiger partial charge in [0.05, 0.1) is 10.4 Å². The molecule has 0 atom stereocenters. The van der Waals surface area contributed by atoms with Gasteiger partial charge in [0.2, 0.25) is 0 Å². The molecule has 3 rings (SSSR count). The van der Waals surface area contributed by atoms with Gasteiger partial charge in [-0.15, -0.1) is 0 Å². The molecule has 0 N–H and O–H groups in total. The van der Waals surface area contributed by atoms with Crippen molar-refractivity contribution in [3.8, 4) is 11.1 Å². The number of aromatic nitrogens is 1. The van der Waals surface area contributed by atoms with Crippen LogP contribution in [0.2, 0.25) is 0 Å². The van der Waals surface area contributed by atoms with Gasteiger partial charge in [0.25, 0.3) is 5.69 Å². The first-order chi connectivity index (χ1) is 9.65. The number of para-hydroxylation sites is 1. The summed E-state index contributed by atoms with van der Waals surface area (Å²) in [4.78, 5) is 15.1.